The molecule has 11 heteroatoms. The molecule has 3 amide bonds. The molecule has 1 aliphatic heterocycles. The summed E-state index contributed by atoms with van der Waals surface area (Å²) in [7, 11) is 0. The average Bonchev–Trinajstić information content (AvgIpc) is 3.63. The van der Waals surface area contributed by atoms with E-state index in [1.807, 2.05) is 0 Å². The van der Waals surface area contributed by atoms with Gasteiger partial charge in [-0.2, -0.15) is 0 Å². The van der Waals surface area contributed by atoms with Crippen molar-refractivity contribution in [3.8, 4) is 5.75 Å². The lowest BCUT2D eigenvalue weighted by atomic mass is 10.2. The van der Waals surface area contributed by atoms with Crippen LogP contribution < -0.4 is 31.6 Å². The summed E-state index contributed by atoms with van der Waals surface area (Å²) in [5.41, 5.74) is 1.36. The predicted octanol–water partition coefficient (Wildman–Crippen LogP) is 1.40. The zero-order valence-electron chi connectivity index (χ0n) is 18.7. The fourth-order valence-electron chi connectivity index (χ4n) is 3.58. The van der Waals surface area contributed by atoms with E-state index in [2.05, 4.69) is 21.3 Å². The summed E-state index contributed by atoms with van der Waals surface area (Å²) in [6, 6.07) is 6.64. The van der Waals surface area contributed by atoms with Gasteiger partial charge in [-0.25, -0.2) is 0 Å². The molecule has 2 aromatic rings. The van der Waals surface area contributed by atoms with Gasteiger partial charge in [-0.1, -0.05) is 11.6 Å². The molecule has 4 rings (SSSR count). The van der Waals surface area contributed by atoms with Crippen LogP contribution in [-0.4, -0.2) is 42.0 Å². The largest absolute Gasteiger partial charge is 0.483 e. The molecule has 0 spiro atoms. The molecule has 1 saturated carbocycles. The maximum atomic E-state index is 12.8. The van der Waals surface area contributed by atoms with E-state index in [0.29, 0.717) is 40.2 Å². The second kappa shape index (κ2) is 10.2. The van der Waals surface area contributed by atoms with Gasteiger partial charge in [-0.05, 0) is 49.9 Å². The third-order valence-corrected chi connectivity index (χ3v) is 5.89. The molecule has 0 atom stereocenters. The van der Waals surface area contributed by atoms with Gasteiger partial charge in [-0.15, -0.1) is 0 Å². The molecule has 34 heavy (non-hydrogen) atoms. The molecular weight excluding hydrogens is 462 g/mol. The first kappa shape index (κ1) is 23.6. The number of ether oxygens (including phenoxy) is 1. The van der Waals surface area contributed by atoms with Crippen molar-refractivity contribution in [3.63, 3.8) is 0 Å². The Morgan fingerprint density at radius 1 is 1.18 bits per heavy atom. The lowest BCUT2D eigenvalue weighted by Gasteiger charge is -2.21. The monoisotopic (exact) mass is 487 g/mol. The Morgan fingerprint density at radius 3 is 2.74 bits per heavy atom. The molecule has 4 N–H and O–H groups in total. The molecule has 0 unspecified atom stereocenters. The van der Waals surface area contributed by atoms with Gasteiger partial charge in [0.1, 0.15) is 18.0 Å². The minimum atomic E-state index is -0.463. The van der Waals surface area contributed by atoms with Crippen LogP contribution in [0.5, 0.6) is 5.75 Å². The molecular formula is C23H26ClN5O5. The van der Waals surface area contributed by atoms with E-state index in [0.717, 1.165) is 12.8 Å². The van der Waals surface area contributed by atoms with Crippen molar-refractivity contribution in [1.29, 1.82) is 0 Å². The van der Waals surface area contributed by atoms with Gasteiger partial charge < -0.3 is 30.6 Å². The molecule has 1 aliphatic carbocycles. The zero-order valence-corrected chi connectivity index (χ0v) is 19.5. The quantitative estimate of drug-likeness (QED) is 0.423. The number of carbonyl (C=O) groups is 3. The van der Waals surface area contributed by atoms with Crippen LogP contribution in [0.3, 0.4) is 0 Å². The normalized spacial score (nSPS) is 14.5. The van der Waals surface area contributed by atoms with Crippen LogP contribution in [0, 0.1) is 12.8 Å². The fourth-order valence-corrected chi connectivity index (χ4v) is 3.77. The van der Waals surface area contributed by atoms with Crippen LogP contribution in [-0.2, 0) is 27.5 Å². The van der Waals surface area contributed by atoms with Crippen molar-refractivity contribution in [3.05, 3.63) is 50.9 Å². The van der Waals surface area contributed by atoms with E-state index in [4.69, 9.17) is 16.3 Å². The van der Waals surface area contributed by atoms with E-state index < -0.39 is 11.5 Å². The maximum Gasteiger partial charge on any atom is 0.277 e. The Morgan fingerprint density at radius 2 is 1.97 bits per heavy atom. The molecule has 1 aromatic carbocycles. The van der Waals surface area contributed by atoms with Gasteiger partial charge in [0.2, 0.25) is 11.8 Å². The standard InChI is InChI=1S/C23H26ClN5O5/c1-13-6-17-22(28-19(30)10-25-17)23(33)29(13)11-20(31)27-9-15-7-16(24)4-5-18(15)34-12-21(32)26-8-14-2-3-14/h4-7,14,25H,2-3,8-12H2,1H3,(H,26,32)(H,27,31)(H,28,30). The number of carbonyl (C=O) groups excluding carboxylic acids is 3. The van der Waals surface area contributed by atoms with Gasteiger partial charge in [-0.3, -0.25) is 19.2 Å². The number of aryl methyl sites for hydroxylation is 1. The molecule has 180 valence electrons. The highest BCUT2D eigenvalue weighted by molar-refractivity contribution is 6.30. The second-order valence-corrected chi connectivity index (χ2v) is 8.87. The number of hydrogen-bond donors (Lipinski definition) is 4. The van der Waals surface area contributed by atoms with Gasteiger partial charge in [0, 0.05) is 29.4 Å². The van der Waals surface area contributed by atoms with Gasteiger partial charge in [0.25, 0.3) is 11.5 Å². The number of anilines is 2. The number of pyridine rings is 1. The number of halogens is 1. The number of benzene rings is 1. The summed E-state index contributed by atoms with van der Waals surface area (Å²) in [5.74, 6) is 0.0689. The summed E-state index contributed by atoms with van der Waals surface area (Å²) in [4.78, 5) is 49.0. The predicted molar refractivity (Wildman–Crippen MR) is 127 cm³/mol. The SMILES string of the molecule is Cc1cc2c(c(=O)n1CC(=O)NCc1cc(Cl)ccc1OCC(=O)NCC1CC1)NC(=O)CN2. The van der Waals surface area contributed by atoms with Crippen LogP contribution in [0.1, 0.15) is 24.1 Å². The molecule has 2 heterocycles. The average molecular weight is 488 g/mol. The van der Waals surface area contributed by atoms with Crippen LogP contribution >= 0.6 is 11.6 Å². The number of hydrogen-bond acceptors (Lipinski definition) is 6. The third-order valence-electron chi connectivity index (χ3n) is 5.66. The van der Waals surface area contributed by atoms with Crippen molar-refractivity contribution in [1.82, 2.24) is 15.2 Å². The topological polar surface area (TPSA) is 131 Å². The summed E-state index contributed by atoms with van der Waals surface area (Å²) in [5, 5.41) is 11.5. The maximum absolute atomic E-state index is 12.8. The van der Waals surface area contributed by atoms with E-state index in [1.54, 1.807) is 31.2 Å². The Balaban J connectivity index is 1.38. The summed E-state index contributed by atoms with van der Waals surface area (Å²) < 4.78 is 6.94. The van der Waals surface area contributed by atoms with E-state index in [9.17, 15) is 19.2 Å². The number of aromatic nitrogens is 1. The smallest absolute Gasteiger partial charge is 0.277 e. The molecule has 1 fully saturated rings. The Hall–Kier alpha value is -3.53. The minimum absolute atomic E-state index is 0.0859. The van der Waals surface area contributed by atoms with Crippen LogP contribution in [0.2, 0.25) is 5.02 Å². The number of nitrogens with one attached hydrogen (secondary N) is 4. The van der Waals surface area contributed by atoms with Crippen molar-refractivity contribution in [2.24, 2.45) is 5.92 Å². The second-order valence-electron chi connectivity index (χ2n) is 8.43. The highest BCUT2D eigenvalue weighted by atomic mass is 35.5. The van der Waals surface area contributed by atoms with Crippen LogP contribution in [0.15, 0.2) is 29.1 Å². The summed E-state index contributed by atoms with van der Waals surface area (Å²) >= 11 is 6.10. The molecule has 0 bridgehead atoms. The van der Waals surface area contributed by atoms with Gasteiger partial charge in [0.05, 0.1) is 12.2 Å². The van der Waals surface area contributed by atoms with Crippen LogP contribution in [0.4, 0.5) is 11.4 Å². The fraction of sp³-hybridized carbons (Fsp3) is 0.391. The number of nitrogens with zero attached hydrogens (tertiary/aromatic N) is 1. The van der Waals surface area contributed by atoms with E-state index in [-0.39, 0.29) is 43.7 Å². The first-order chi connectivity index (χ1) is 16.3. The highest BCUT2D eigenvalue weighted by Crippen LogP contribution is 2.27. The summed E-state index contributed by atoms with van der Waals surface area (Å²) in [6.45, 7) is 2.18. The Bertz CT molecular complexity index is 1190. The van der Waals surface area contributed by atoms with Crippen molar-refractivity contribution < 1.29 is 19.1 Å². The van der Waals surface area contributed by atoms with Crippen LogP contribution in [0.25, 0.3) is 0 Å². The van der Waals surface area contributed by atoms with Crippen molar-refractivity contribution in [2.45, 2.75) is 32.9 Å². The van der Waals surface area contributed by atoms with E-state index >= 15 is 0 Å². The molecule has 2 aliphatic rings. The van der Waals surface area contributed by atoms with E-state index in [1.165, 1.54) is 4.57 Å². The number of fused-ring (bicyclic) bond motifs is 1. The molecule has 0 radical (unpaired) electrons. The Labute approximate surface area is 201 Å². The minimum Gasteiger partial charge on any atom is -0.483 e. The first-order valence-corrected chi connectivity index (χ1v) is 11.4. The lowest BCUT2D eigenvalue weighted by Crippen LogP contribution is -2.38. The van der Waals surface area contributed by atoms with Crippen molar-refractivity contribution in [2.75, 3.05) is 30.3 Å². The summed E-state index contributed by atoms with van der Waals surface area (Å²) in [6.07, 6.45) is 2.29. The lowest BCUT2D eigenvalue weighted by molar-refractivity contribution is -0.123. The molecule has 1 aromatic heterocycles. The zero-order chi connectivity index (χ0) is 24.2. The number of amides is 3. The van der Waals surface area contributed by atoms with Crippen molar-refractivity contribution >= 4 is 40.7 Å². The Kier molecular flexibility index (Phi) is 7.06. The molecule has 0 saturated heterocycles. The molecule has 10 nitrogen and oxygen atoms in total. The number of rotatable bonds is 9. The van der Waals surface area contributed by atoms with Gasteiger partial charge >= 0.3 is 0 Å². The first-order valence-electron chi connectivity index (χ1n) is 11.0. The van der Waals surface area contributed by atoms with Gasteiger partial charge in [0.15, 0.2) is 6.61 Å². The highest BCUT2D eigenvalue weighted by Gasteiger charge is 2.22. The third kappa shape index (κ3) is 5.88.